The second-order valence-electron chi connectivity index (χ2n) is 11.2. The van der Waals surface area contributed by atoms with E-state index in [-0.39, 0.29) is 10.8 Å². The molecule has 1 nitrogen and oxygen atoms in total. The first-order valence-corrected chi connectivity index (χ1v) is 12.3. The third kappa shape index (κ3) is 4.13. The highest BCUT2D eigenvalue weighted by Crippen LogP contribution is 2.45. The minimum absolute atomic E-state index is 0.0634. The Morgan fingerprint density at radius 2 is 1.41 bits per heavy atom. The normalized spacial score (nSPS) is 12.5. The van der Waals surface area contributed by atoms with Gasteiger partial charge >= 0.3 is 0 Å². The van der Waals surface area contributed by atoms with Crippen LogP contribution in [-0.2, 0) is 10.8 Å². The first kappa shape index (κ1) is 22.7. The smallest absolute Gasteiger partial charge is 0.0880 e. The van der Waals surface area contributed by atoms with E-state index in [1.165, 1.54) is 53.9 Å². The van der Waals surface area contributed by atoms with Crippen LogP contribution in [-0.4, -0.2) is 4.98 Å². The molecule has 2 heteroatoms. The molecule has 32 heavy (non-hydrogen) atoms. The second-order valence-corrected chi connectivity index (χ2v) is 12.2. The summed E-state index contributed by atoms with van der Waals surface area (Å²) < 4.78 is 1.28. The monoisotopic (exact) mass is 441 g/mol. The molecular weight excluding hydrogens is 406 g/mol. The fraction of sp³-hybridized carbons (Fsp3) is 0.367. The maximum atomic E-state index is 4.84. The number of aromatic nitrogens is 1. The minimum Gasteiger partial charge on any atom is -0.255 e. The molecule has 0 N–H and O–H groups in total. The summed E-state index contributed by atoms with van der Waals surface area (Å²) in [5, 5.41) is 1.31. The number of hydrogen-bond donors (Lipinski definition) is 0. The Kier molecular flexibility index (Phi) is 5.57. The molecule has 4 aromatic rings. The summed E-state index contributed by atoms with van der Waals surface area (Å²) in [6.45, 7) is 20.4. The summed E-state index contributed by atoms with van der Waals surface area (Å²) >= 11 is 1.89. The molecule has 0 aliphatic heterocycles. The van der Waals surface area contributed by atoms with Gasteiger partial charge in [-0.15, -0.1) is 11.3 Å². The molecule has 0 atom stereocenters. The standard InChI is InChI=1S/C30H35NS/c1-18-14-19(2)16-21(15-18)26-28-23(12-13-31-26)20(3)27(32-28)24-11-10-22(29(4,5)6)17-25(24)30(7,8)9/h10-17H,1-9H3. The van der Waals surface area contributed by atoms with Crippen molar-refractivity contribution in [2.24, 2.45) is 0 Å². The molecule has 0 aliphatic carbocycles. The van der Waals surface area contributed by atoms with Crippen molar-refractivity contribution in [3.63, 3.8) is 0 Å². The quantitative estimate of drug-likeness (QED) is 0.302. The lowest BCUT2D eigenvalue weighted by atomic mass is 9.78. The van der Waals surface area contributed by atoms with Crippen LogP contribution >= 0.6 is 11.3 Å². The van der Waals surface area contributed by atoms with Crippen molar-refractivity contribution in [3.8, 4) is 21.7 Å². The molecule has 0 spiro atoms. The Hall–Kier alpha value is -2.45. The summed E-state index contributed by atoms with van der Waals surface area (Å²) in [5.41, 5.74) is 10.6. The summed E-state index contributed by atoms with van der Waals surface area (Å²) in [4.78, 5) is 6.20. The van der Waals surface area contributed by atoms with Gasteiger partial charge < -0.3 is 0 Å². The first-order chi connectivity index (χ1) is 14.9. The number of thiophene rings is 1. The number of hydrogen-bond acceptors (Lipinski definition) is 2. The van der Waals surface area contributed by atoms with Crippen molar-refractivity contribution in [3.05, 3.63) is 76.5 Å². The van der Waals surface area contributed by atoms with Crippen molar-refractivity contribution in [2.75, 3.05) is 0 Å². The fourth-order valence-electron chi connectivity index (χ4n) is 4.55. The molecule has 4 rings (SSSR count). The molecule has 0 unspecified atom stereocenters. The highest BCUT2D eigenvalue weighted by atomic mass is 32.1. The average molecular weight is 442 g/mol. The number of aryl methyl sites for hydroxylation is 3. The average Bonchev–Trinajstić information content (AvgIpc) is 3.02. The number of fused-ring (bicyclic) bond motifs is 1. The number of rotatable bonds is 2. The second kappa shape index (κ2) is 7.85. The third-order valence-corrected chi connectivity index (χ3v) is 7.63. The molecule has 0 saturated heterocycles. The van der Waals surface area contributed by atoms with Gasteiger partial charge in [0, 0.05) is 16.6 Å². The maximum Gasteiger partial charge on any atom is 0.0880 e. The predicted molar refractivity (Wildman–Crippen MR) is 142 cm³/mol. The summed E-state index contributed by atoms with van der Waals surface area (Å²) in [5.74, 6) is 0. The van der Waals surface area contributed by atoms with E-state index in [9.17, 15) is 0 Å². The van der Waals surface area contributed by atoms with Gasteiger partial charge in [0.2, 0.25) is 0 Å². The SMILES string of the molecule is Cc1cc(C)cc(-c2nccc3c(C)c(-c4ccc(C(C)(C)C)cc4C(C)(C)C)sc23)c1. The van der Waals surface area contributed by atoms with Crippen molar-refractivity contribution in [1.29, 1.82) is 0 Å². The first-order valence-electron chi connectivity index (χ1n) is 11.5. The van der Waals surface area contributed by atoms with Crippen LogP contribution in [0.2, 0.25) is 0 Å². The zero-order valence-corrected chi connectivity index (χ0v) is 21.8. The van der Waals surface area contributed by atoms with Crippen molar-refractivity contribution in [1.82, 2.24) is 4.98 Å². The molecule has 2 aromatic carbocycles. The lowest BCUT2D eigenvalue weighted by molar-refractivity contribution is 0.570. The topological polar surface area (TPSA) is 12.9 Å². The van der Waals surface area contributed by atoms with Crippen LogP contribution in [0.15, 0.2) is 48.7 Å². The zero-order chi connectivity index (χ0) is 23.4. The molecule has 0 amide bonds. The van der Waals surface area contributed by atoms with Gasteiger partial charge in [-0.25, -0.2) is 0 Å². The van der Waals surface area contributed by atoms with Gasteiger partial charge in [-0.3, -0.25) is 4.98 Å². The van der Waals surface area contributed by atoms with Crippen LogP contribution in [0.3, 0.4) is 0 Å². The lowest BCUT2D eigenvalue weighted by Crippen LogP contribution is -2.17. The van der Waals surface area contributed by atoms with E-state index in [0.29, 0.717) is 0 Å². The number of nitrogens with zero attached hydrogens (tertiary/aromatic N) is 1. The zero-order valence-electron chi connectivity index (χ0n) is 21.0. The molecule has 0 bridgehead atoms. The van der Waals surface area contributed by atoms with Crippen LogP contribution in [0, 0.1) is 20.8 Å². The highest BCUT2D eigenvalue weighted by molar-refractivity contribution is 7.23. The minimum atomic E-state index is 0.0634. The molecule has 0 saturated carbocycles. The van der Waals surface area contributed by atoms with Crippen LogP contribution < -0.4 is 0 Å². The molecule has 0 aliphatic rings. The Balaban J connectivity index is 1.98. The van der Waals surface area contributed by atoms with E-state index in [0.717, 1.165) is 5.69 Å². The van der Waals surface area contributed by atoms with Crippen LogP contribution in [0.1, 0.15) is 69.4 Å². The Bertz CT molecular complexity index is 1290. The molecule has 166 valence electrons. The van der Waals surface area contributed by atoms with E-state index in [1.807, 2.05) is 17.5 Å². The third-order valence-electron chi connectivity index (χ3n) is 6.29. The van der Waals surface area contributed by atoms with Gasteiger partial charge in [-0.2, -0.15) is 0 Å². The van der Waals surface area contributed by atoms with E-state index in [4.69, 9.17) is 4.98 Å². The predicted octanol–water partition coefficient (Wildman–Crippen LogP) is 9.15. The molecule has 0 fully saturated rings. The van der Waals surface area contributed by atoms with Gasteiger partial charge in [0.1, 0.15) is 0 Å². The highest BCUT2D eigenvalue weighted by Gasteiger charge is 2.25. The van der Waals surface area contributed by atoms with Gasteiger partial charge in [0.05, 0.1) is 10.4 Å². The van der Waals surface area contributed by atoms with Crippen LogP contribution in [0.4, 0.5) is 0 Å². The van der Waals surface area contributed by atoms with Gasteiger partial charge in [-0.05, 0) is 77.4 Å². The van der Waals surface area contributed by atoms with E-state index >= 15 is 0 Å². The number of benzene rings is 2. The van der Waals surface area contributed by atoms with Crippen molar-refractivity contribution < 1.29 is 0 Å². The van der Waals surface area contributed by atoms with E-state index in [2.05, 4.69) is 105 Å². The lowest BCUT2D eigenvalue weighted by Gasteiger charge is -2.27. The van der Waals surface area contributed by atoms with Gasteiger partial charge in [-0.1, -0.05) is 76.9 Å². The summed E-state index contributed by atoms with van der Waals surface area (Å²) in [6, 6.07) is 16.0. The molecular formula is C30H35NS. The largest absolute Gasteiger partial charge is 0.255 e. The van der Waals surface area contributed by atoms with Gasteiger partial charge in [0.25, 0.3) is 0 Å². The maximum absolute atomic E-state index is 4.84. The summed E-state index contributed by atoms with van der Waals surface area (Å²) in [6.07, 6.45) is 1.96. The van der Waals surface area contributed by atoms with Crippen molar-refractivity contribution in [2.45, 2.75) is 73.1 Å². The van der Waals surface area contributed by atoms with Crippen LogP contribution in [0.25, 0.3) is 31.8 Å². The molecule has 2 aromatic heterocycles. The molecule has 0 radical (unpaired) electrons. The molecule has 2 heterocycles. The van der Waals surface area contributed by atoms with Gasteiger partial charge in [0.15, 0.2) is 0 Å². The van der Waals surface area contributed by atoms with Crippen LogP contribution in [0.5, 0.6) is 0 Å². The Morgan fingerprint density at radius 1 is 0.750 bits per heavy atom. The Labute approximate surface area is 197 Å². The fourth-order valence-corrected chi connectivity index (χ4v) is 5.90. The summed E-state index contributed by atoms with van der Waals surface area (Å²) in [7, 11) is 0. The van der Waals surface area contributed by atoms with E-state index < -0.39 is 0 Å². The van der Waals surface area contributed by atoms with Crippen molar-refractivity contribution >= 4 is 21.4 Å². The number of pyridine rings is 1. The Morgan fingerprint density at radius 3 is 2.00 bits per heavy atom. The van der Waals surface area contributed by atoms with E-state index in [1.54, 1.807) is 0 Å².